The summed E-state index contributed by atoms with van der Waals surface area (Å²) in [5.41, 5.74) is 1.30. The van der Waals surface area contributed by atoms with Gasteiger partial charge in [0.25, 0.3) is 0 Å². The molecule has 0 aromatic carbocycles. The van der Waals surface area contributed by atoms with Gasteiger partial charge in [-0.05, 0) is 45.2 Å². The molecule has 2 heterocycles. The maximum absolute atomic E-state index is 4.39. The van der Waals surface area contributed by atoms with Gasteiger partial charge in [0, 0.05) is 17.5 Å². The second kappa shape index (κ2) is 5.43. The molecule has 1 aliphatic rings. The maximum atomic E-state index is 4.39. The number of rotatable bonds is 6. The molecular formula is C14H20N4S. The van der Waals surface area contributed by atoms with Gasteiger partial charge < -0.3 is 10.6 Å². The number of fused-ring (bicyclic) bond motifs is 1. The van der Waals surface area contributed by atoms with Crippen LogP contribution in [0.2, 0.25) is 0 Å². The summed E-state index contributed by atoms with van der Waals surface area (Å²) in [5, 5.41) is 8.17. The molecule has 1 aliphatic carbocycles. The Morgan fingerprint density at radius 3 is 2.89 bits per heavy atom. The number of aromatic nitrogens is 2. The summed E-state index contributed by atoms with van der Waals surface area (Å²) in [4.78, 5) is 11.2. The van der Waals surface area contributed by atoms with E-state index in [1.54, 1.807) is 17.7 Å². The van der Waals surface area contributed by atoms with Crippen LogP contribution in [0.1, 0.15) is 29.7 Å². The Kier molecular flexibility index (Phi) is 3.66. The van der Waals surface area contributed by atoms with Crippen molar-refractivity contribution in [3.05, 3.63) is 16.8 Å². The molecule has 2 aromatic rings. The summed E-state index contributed by atoms with van der Waals surface area (Å²) < 4.78 is 0. The number of thiophene rings is 1. The van der Waals surface area contributed by atoms with Gasteiger partial charge in [0.2, 0.25) is 0 Å². The highest BCUT2D eigenvalue weighted by Gasteiger charge is 2.19. The molecule has 102 valence electrons. The van der Waals surface area contributed by atoms with Crippen molar-refractivity contribution in [2.24, 2.45) is 0 Å². The molecule has 4 nitrogen and oxygen atoms in total. The van der Waals surface area contributed by atoms with E-state index in [4.69, 9.17) is 0 Å². The monoisotopic (exact) mass is 276 g/mol. The molecule has 2 aromatic heterocycles. The largest absolute Gasteiger partial charge is 0.369 e. The van der Waals surface area contributed by atoms with Gasteiger partial charge in [-0.3, -0.25) is 0 Å². The van der Waals surface area contributed by atoms with Gasteiger partial charge in [-0.25, -0.2) is 9.97 Å². The van der Waals surface area contributed by atoms with E-state index in [1.807, 2.05) is 0 Å². The number of hydrogen-bond acceptors (Lipinski definition) is 5. The van der Waals surface area contributed by atoms with E-state index in [0.717, 1.165) is 36.2 Å². The molecule has 2 N–H and O–H groups in total. The maximum Gasteiger partial charge on any atom is 0.138 e. The normalized spacial score (nSPS) is 15.1. The molecule has 0 unspecified atom stereocenters. The van der Waals surface area contributed by atoms with E-state index < -0.39 is 0 Å². The molecule has 0 atom stereocenters. The highest BCUT2D eigenvalue weighted by molar-refractivity contribution is 7.18. The third-order valence-electron chi connectivity index (χ3n) is 3.62. The zero-order valence-electron chi connectivity index (χ0n) is 11.5. The topological polar surface area (TPSA) is 49.8 Å². The predicted molar refractivity (Wildman–Crippen MR) is 81.0 cm³/mol. The minimum Gasteiger partial charge on any atom is -0.369 e. The zero-order chi connectivity index (χ0) is 13.2. The van der Waals surface area contributed by atoms with E-state index in [9.17, 15) is 0 Å². The molecule has 0 radical (unpaired) electrons. The Hall–Kier alpha value is -1.20. The van der Waals surface area contributed by atoms with Gasteiger partial charge in [-0.15, -0.1) is 11.3 Å². The second-order valence-corrected chi connectivity index (χ2v) is 6.40. The molecule has 1 saturated carbocycles. The number of nitrogens with one attached hydrogen (secondary N) is 2. The Bertz CT molecular complexity index is 574. The third-order valence-corrected chi connectivity index (χ3v) is 4.74. The molecule has 0 spiro atoms. The summed E-state index contributed by atoms with van der Waals surface area (Å²) in [6, 6.07) is 0.799. The van der Waals surface area contributed by atoms with Crippen molar-refractivity contribution in [2.45, 2.75) is 39.2 Å². The molecule has 0 aliphatic heterocycles. The first-order valence-electron chi connectivity index (χ1n) is 6.93. The van der Waals surface area contributed by atoms with Crippen LogP contribution in [0.5, 0.6) is 0 Å². The minimum atomic E-state index is 0.799. The predicted octanol–water partition coefficient (Wildman–Crippen LogP) is 2.86. The van der Waals surface area contributed by atoms with Crippen LogP contribution in [-0.2, 0) is 0 Å². The van der Waals surface area contributed by atoms with Gasteiger partial charge in [0.05, 0.1) is 5.39 Å². The molecule has 0 amide bonds. The summed E-state index contributed by atoms with van der Waals surface area (Å²) in [6.45, 7) is 6.34. The lowest BCUT2D eigenvalue weighted by molar-refractivity contribution is 0.658. The lowest BCUT2D eigenvalue weighted by Crippen LogP contribution is -2.20. The van der Waals surface area contributed by atoms with Crippen LogP contribution in [0.15, 0.2) is 6.33 Å². The molecule has 5 heteroatoms. The van der Waals surface area contributed by atoms with Gasteiger partial charge in [-0.1, -0.05) is 0 Å². The van der Waals surface area contributed by atoms with Crippen LogP contribution in [0.3, 0.4) is 0 Å². The second-order valence-electron chi connectivity index (χ2n) is 5.19. The van der Waals surface area contributed by atoms with Crippen molar-refractivity contribution in [2.75, 3.05) is 18.4 Å². The fourth-order valence-corrected chi connectivity index (χ4v) is 3.20. The van der Waals surface area contributed by atoms with E-state index >= 15 is 0 Å². The van der Waals surface area contributed by atoms with Gasteiger partial charge in [0.1, 0.15) is 17.0 Å². The SMILES string of the molecule is Cc1sc2ncnc(NCCCNC3CC3)c2c1C. The van der Waals surface area contributed by atoms with Crippen molar-refractivity contribution in [1.82, 2.24) is 15.3 Å². The molecular weight excluding hydrogens is 256 g/mol. The standard InChI is InChI=1S/C14H20N4S/c1-9-10(2)19-14-12(9)13(17-8-18-14)16-7-3-6-15-11-4-5-11/h8,11,15H,3-7H2,1-2H3,(H,16,17,18). The first kappa shape index (κ1) is 12.8. The fraction of sp³-hybridized carbons (Fsp3) is 0.571. The number of anilines is 1. The van der Waals surface area contributed by atoms with Gasteiger partial charge in [0.15, 0.2) is 0 Å². The Morgan fingerprint density at radius 2 is 2.11 bits per heavy atom. The number of hydrogen-bond donors (Lipinski definition) is 2. The van der Waals surface area contributed by atoms with E-state index in [-0.39, 0.29) is 0 Å². The minimum absolute atomic E-state index is 0.799. The Balaban J connectivity index is 1.63. The average Bonchev–Trinajstić information content (AvgIpc) is 3.17. The van der Waals surface area contributed by atoms with E-state index in [2.05, 4.69) is 34.4 Å². The van der Waals surface area contributed by atoms with Crippen molar-refractivity contribution < 1.29 is 0 Å². The van der Waals surface area contributed by atoms with E-state index in [1.165, 1.54) is 28.7 Å². The van der Waals surface area contributed by atoms with Gasteiger partial charge >= 0.3 is 0 Å². The quantitative estimate of drug-likeness (QED) is 0.797. The molecule has 1 fully saturated rings. The summed E-state index contributed by atoms with van der Waals surface area (Å²) in [7, 11) is 0. The Labute approximate surface area is 117 Å². The molecule has 0 bridgehead atoms. The van der Waals surface area contributed by atoms with Crippen molar-refractivity contribution in [3.63, 3.8) is 0 Å². The number of aryl methyl sites for hydroxylation is 2. The van der Waals surface area contributed by atoms with Crippen LogP contribution < -0.4 is 10.6 Å². The van der Waals surface area contributed by atoms with Crippen LogP contribution in [0.4, 0.5) is 5.82 Å². The summed E-state index contributed by atoms with van der Waals surface area (Å²) in [6.07, 6.45) is 5.49. The van der Waals surface area contributed by atoms with Crippen molar-refractivity contribution in [1.29, 1.82) is 0 Å². The highest BCUT2D eigenvalue weighted by Crippen LogP contribution is 2.32. The van der Waals surface area contributed by atoms with Crippen molar-refractivity contribution in [3.8, 4) is 0 Å². The first-order valence-corrected chi connectivity index (χ1v) is 7.75. The van der Waals surface area contributed by atoms with Crippen LogP contribution >= 0.6 is 11.3 Å². The lowest BCUT2D eigenvalue weighted by Gasteiger charge is -2.07. The third kappa shape index (κ3) is 2.87. The van der Waals surface area contributed by atoms with Crippen LogP contribution in [0, 0.1) is 13.8 Å². The Morgan fingerprint density at radius 1 is 1.26 bits per heavy atom. The lowest BCUT2D eigenvalue weighted by atomic mass is 10.2. The molecule has 0 saturated heterocycles. The molecule has 3 rings (SSSR count). The van der Waals surface area contributed by atoms with E-state index in [0.29, 0.717) is 0 Å². The molecule has 19 heavy (non-hydrogen) atoms. The number of nitrogens with zero attached hydrogens (tertiary/aromatic N) is 2. The zero-order valence-corrected chi connectivity index (χ0v) is 12.3. The van der Waals surface area contributed by atoms with Crippen LogP contribution in [-0.4, -0.2) is 29.1 Å². The van der Waals surface area contributed by atoms with Gasteiger partial charge in [-0.2, -0.15) is 0 Å². The summed E-state index contributed by atoms with van der Waals surface area (Å²) in [5.74, 6) is 0.985. The summed E-state index contributed by atoms with van der Waals surface area (Å²) >= 11 is 1.75. The average molecular weight is 276 g/mol. The first-order chi connectivity index (χ1) is 9.25. The van der Waals surface area contributed by atoms with Crippen LogP contribution in [0.25, 0.3) is 10.2 Å². The fourth-order valence-electron chi connectivity index (χ4n) is 2.21. The van der Waals surface area contributed by atoms with Crippen molar-refractivity contribution >= 4 is 27.4 Å². The highest BCUT2D eigenvalue weighted by atomic mass is 32.1. The smallest absolute Gasteiger partial charge is 0.138 e.